The highest BCUT2D eigenvalue weighted by molar-refractivity contribution is 6.12. The van der Waals surface area contributed by atoms with Crippen molar-refractivity contribution < 1.29 is 0 Å². The second-order valence-electron chi connectivity index (χ2n) is 5.97. The Kier molecular flexibility index (Phi) is 2.39. The van der Waals surface area contributed by atoms with Crippen LogP contribution in [0.2, 0.25) is 0 Å². The minimum atomic E-state index is 1.08. The quantitative estimate of drug-likeness (QED) is 0.406. The second kappa shape index (κ2) is 4.41. The maximum absolute atomic E-state index is 5.04. The maximum Gasteiger partial charge on any atom is 0.0793 e. The maximum atomic E-state index is 5.04. The van der Waals surface area contributed by atoms with Crippen LogP contribution in [0.1, 0.15) is 11.1 Å². The van der Waals surface area contributed by atoms with Crippen LogP contribution in [0.15, 0.2) is 66.7 Å². The number of nitrogens with zero attached hydrogens (tertiary/aromatic N) is 1. The fraction of sp³-hybridized carbons (Fsp3) is 0.0952. The molecule has 5 rings (SSSR count). The van der Waals surface area contributed by atoms with Crippen LogP contribution in [-0.4, -0.2) is 4.98 Å². The number of aryl methyl sites for hydroxylation is 2. The molecule has 0 atom stereocenters. The Hall–Kier alpha value is -2.67. The van der Waals surface area contributed by atoms with Gasteiger partial charge in [-0.15, -0.1) is 0 Å². The van der Waals surface area contributed by atoms with E-state index in [1.165, 1.54) is 32.8 Å². The molecule has 0 saturated heterocycles. The van der Waals surface area contributed by atoms with Crippen molar-refractivity contribution in [2.24, 2.45) is 0 Å². The molecule has 0 bridgehead atoms. The second-order valence-corrected chi connectivity index (χ2v) is 5.97. The number of aromatic nitrogens is 1. The van der Waals surface area contributed by atoms with Crippen LogP contribution in [0.3, 0.4) is 0 Å². The molecule has 4 aromatic rings. The highest BCUT2D eigenvalue weighted by Crippen LogP contribution is 2.38. The Morgan fingerprint density at radius 2 is 1.36 bits per heavy atom. The number of fused-ring (bicyclic) bond motifs is 4. The summed E-state index contributed by atoms with van der Waals surface area (Å²) in [5, 5.41) is 3.92. The number of hydrogen-bond donors (Lipinski definition) is 0. The zero-order valence-electron chi connectivity index (χ0n) is 12.2. The topological polar surface area (TPSA) is 12.9 Å². The molecule has 1 heterocycles. The van der Waals surface area contributed by atoms with E-state index < -0.39 is 0 Å². The first-order valence-electron chi connectivity index (χ1n) is 7.80. The molecular formula is C21H15N. The monoisotopic (exact) mass is 281 g/mol. The van der Waals surface area contributed by atoms with Gasteiger partial charge in [0, 0.05) is 16.3 Å². The summed E-state index contributed by atoms with van der Waals surface area (Å²) in [4.78, 5) is 5.04. The van der Waals surface area contributed by atoms with E-state index in [9.17, 15) is 0 Å². The minimum Gasteiger partial charge on any atom is -0.247 e. The molecule has 0 radical (unpaired) electrons. The van der Waals surface area contributed by atoms with E-state index >= 15 is 0 Å². The highest BCUT2D eigenvalue weighted by atomic mass is 14.7. The van der Waals surface area contributed by atoms with Crippen molar-refractivity contribution in [3.05, 3.63) is 77.9 Å². The molecule has 1 aromatic heterocycles. The van der Waals surface area contributed by atoms with Gasteiger partial charge in [0.1, 0.15) is 0 Å². The average molecular weight is 281 g/mol. The minimum absolute atomic E-state index is 1.08. The molecule has 1 heteroatoms. The molecule has 0 N–H and O–H groups in total. The lowest BCUT2D eigenvalue weighted by molar-refractivity contribution is 0.978. The lowest BCUT2D eigenvalue weighted by Crippen LogP contribution is -1.91. The van der Waals surface area contributed by atoms with Crippen molar-refractivity contribution in [2.75, 3.05) is 0 Å². The van der Waals surface area contributed by atoms with Crippen molar-refractivity contribution in [2.45, 2.75) is 12.8 Å². The van der Waals surface area contributed by atoms with E-state index in [0.717, 1.165) is 24.1 Å². The van der Waals surface area contributed by atoms with Crippen LogP contribution in [-0.2, 0) is 12.8 Å². The molecule has 22 heavy (non-hydrogen) atoms. The molecule has 0 amide bonds. The molecule has 1 aliphatic carbocycles. The summed E-state index contributed by atoms with van der Waals surface area (Å²) < 4.78 is 0. The molecule has 0 unspecified atom stereocenters. The van der Waals surface area contributed by atoms with E-state index in [0.29, 0.717) is 0 Å². The van der Waals surface area contributed by atoms with E-state index in [1.54, 1.807) is 0 Å². The number of pyridine rings is 1. The van der Waals surface area contributed by atoms with Gasteiger partial charge >= 0.3 is 0 Å². The normalized spacial score (nSPS) is 13.1. The van der Waals surface area contributed by atoms with Gasteiger partial charge in [-0.1, -0.05) is 60.7 Å². The summed E-state index contributed by atoms with van der Waals surface area (Å²) in [6, 6.07) is 23.9. The van der Waals surface area contributed by atoms with Crippen LogP contribution in [0.5, 0.6) is 0 Å². The molecule has 0 saturated carbocycles. The lowest BCUT2D eigenvalue weighted by atomic mass is 9.97. The van der Waals surface area contributed by atoms with E-state index in [-0.39, 0.29) is 0 Å². The molecule has 0 fully saturated rings. The zero-order chi connectivity index (χ0) is 14.5. The Bertz CT molecular complexity index is 1030. The average Bonchev–Trinajstić information content (AvgIpc) is 2.74. The van der Waals surface area contributed by atoms with Gasteiger partial charge in [-0.25, -0.2) is 4.98 Å². The highest BCUT2D eigenvalue weighted by Gasteiger charge is 2.18. The molecule has 0 spiro atoms. The van der Waals surface area contributed by atoms with Crippen molar-refractivity contribution >= 4 is 21.7 Å². The zero-order valence-corrected chi connectivity index (χ0v) is 12.2. The smallest absolute Gasteiger partial charge is 0.0793 e. The third kappa shape index (κ3) is 1.57. The van der Waals surface area contributed by atoms with E-state index in [1.807, 2.05) is 0 Å². The summed E-state index contributed by atoms with van der Waals surface area (Å²) in [5.41, 5.74) is 6.35. The predicted octanol–water partition coefficient (Wildman–Crippen LogP) is 5.15. The summed E-state index contributed by atoms with van der Waals surface area (Å²) in [6.45, 7) is 0. The first-order valence-corrected chi connectivity index (χ1v) is 7.80. The van der Waals surface area contributed by atoms with Crippen LogP contribution in [0, 0.1) is 0 Å². The molecule has 104 valence electrons. The van der Waals surface area contributed by atoms with Crippen LogP contribution in [0.25, 0.3) is 32.9 Å². The van der Waals surface area contributed by atoms with E-state index in [4.69, 9.17) is 4.98 Å². The fourth-order valence-electron chi connectivity index (χ4n) is 3.72. The van der Waals surface area contributed by atoms with Gasteiger partial charge in [0.2, 0.25) is 0 Å². The summed E-state index contributed by atoms with van der Waals surface area (Å²) in [7, 11) is 0. The van der Waals surface area contributed by atoms with Gasteiger partial charge in [0.15, 0.2) is 0 Å². The Balaban J connectivity index is 2.05. The first kappa shape index (κ1) is 11.9. The van der Waals surface area contributed by atoms with Crippen LogP contribution in [0.4, 0.5) is 0 Å². The van der Waals surface area contributed by atoms with Gasteiger partial charge in [0.25, 0.3) is 0 Å². The largest absolute Gasteiger partial charge is 0.247 e. The van der Waals surface area contributed by atoms with Gasteiger partial charge in [-0.05, 0) is 35.4 Å². The van der Waals surface area contributed by atoms with Crippen LogP contribution >= 0.6 is 0 Å². The third-order valence-electron chi connectivity index (χ3n) is 4.75. The standard InChI is InChI=1S/C21H15N/c1-2-8-16-14(6-1)12-13-15-7-5-10-18-17-9-3-4-11-19(17)22-21(16)20(15)18/h1-11H,12-13H2. The number of para-hydroxylation sites is 1. The third-order valence-corrected chi connectivity index (χ3v) is 4.75. The van der Waals surface area contributed by atoms with Crippen LogP contribution < -0.4 is 0 Å². The Morgan fingerprint density at radius 3 is 2.36 bits per heavy atom. The summed E-state index contributed by atoms with van der Waals surface area (Å²) in [6.07, 6.45) is 2.17. The summed E-state index contributed by atoms with van der Waals surface area (Å²) in [5.74, 6) is 0. The van der Waals surface area contributed by atoms with Gasteiger partial charge in [0.05, 0.1) is 11.2 Å². The molecular weight excluding hydrogens is 266 g/mol. The fourth-order valence-corrected chi connectivity index (χ4v) is 3.72. The summed E-state index contributed by atoms with van der Waals surface area (Å²) >= 11 is 0. The van der Waals surface area contributed by atoms with Gasteiger partial charge < -0.3 is 0 Å². The molecule has 1 aliphatic rings. The lowest BCUT2D eigenvalue weighted by Gasteiger charge is -2.12. The van der Waals surface area contributed by atoms with Gasteiger partial charge in [-0.2, -0.15) is 0 Å². The first-order chi connectivity index (χ1) is 10.9. The van der Waals surface area contributed by atoms with E-state index in [2.05, 4.69) is 66.7 Å². The Labute approximate surface area is 129 Å². The van der Waals surface area contributed by atoms with Crippen molar-refractivity contribution in [1.29, 1.82) is 0 Å². The SMILES string of the molecule is c1ccc2c(c1)CCc1cccc3c1c-2nc1ccccc13. The van der Waals surface area contributed by atoms with Crippen molar-refractivity contribution in [3.8, 4) is 11.3 Å². The van der Waals surface area contributed by atoms with Crippen molar-refractivity contribution in [1.82, 2.24) is 4.98 Å². The number of benzene rings is 3. The number of hydrogen-bond acceptors (Lipinski definition) is 1. The predicted molar refractivity (Wildman–Crippen MR) is 92.1 cm³/mol. The van der Waals surface area contributed by atoms with Crippen molar-refractivity contribution in [3.63, 3.8) is 0 Å². The number of rotatable bonds is 0. The van der Waals surface area contributed by atoms with Gasteiger partial charge in [-0.3, -0.25) is 0 Å². The molecule has 1 nitrogen and oxygen atoms in total. The molecule has 3 aromatic carbocycles. The molecule has 0 aliphatic heterocycles. The Morgan fingerprint density at radius 1 is 0.636 bits per heavy atom.